The van der Waals surface area contributed by atoms with Gasteiger partial charge in [0.15, 0.2) is 0 Å². The number of methoxy groups -OCH3 is 2. The van der Waals surface area contributed by atoms with E-state index in [9.17, 15) is 9.50 Å². The van der Waals surface area contributed by atoms with Crippen LogP contribution >= 0.6 is 0 Å². The molecule has 0 aliphatic rings. The normalized spacial score (nSPS) is 13.4. The Morgan fingerprint density at radius 1 is 1.04 bits per heavy atom. The van der Waals surface area contributed by atoms with Crippen LogP contribution in [0.1, 0.15) is 24.2 Å². The van der Waals surface area contributed by atoms with Gasteiger partial charge >= 0.3 is 0 Å². The zero-order valence-electron chi connectivity index (χ0n) is 14.3. The van der Waals surface area contributed by atoms with Crippen molar-refractivity contribution in [1.29, 1.82) is 0 Å². The maximum absolute atomic E-state index is 12.9. The van der Waals surface area contributed by atoms with E-state index in [1.165, 1.54) is 12.1 Å². The van der Waals surface area contributed by atoms with E-state index in [2.05, 4.69) is 5.32 Å². The Morgan fingerprint density at radius 3 is 2.17 bits per heavy atom. The molecule has 130 valence electrons. The Kier molecular flexibility index (Phi) is 6.58. The van der Waals surface area contributed by atoms with Crippen molar-refractivity contribution in [3.63, 3.8) is 0 Å². The summed E-state index contributed by atoms with van der Waals surface area (Å²) < 4.78 is 23.4. The molecule has 0 aliphatic carbocycles. The number of halogens is 1. The summed E-state index contributed by atoms with van der Waals surface area (Å²) in [4.78, 5) is 0. The number of nitrogens with one attached hydrogen (secondary N) is 1. The predicted molar refractivity (Wildman–Crippen MR) is 92.1 cm³/mol. The van der Waals surface area contributed by atoms with Crippen molar-refractivity contribution in [2.45, 2.75) is 25.5 Å². The molecule has 2 aromatic carbocycles. The number of benzene rings is 2. The second-order valence-electron chi connectivity index (χ2n) is 5.80. The van der Waals surface area contributed by atoms with Crippen LogP contribution in [0.2, 0.25) is 0 Å². The molecule has 2 N–H and O–H groups in total. The van der Waals surface area contributed by atoms with Crippen molar-refractivity contribution in [3.8, 4) is 11.5 Å². The Bertz CT molecular complexity index is 623. The summed E-state index contributed by atoms with van der Waals surface area (Å²) in [5, 5.41) is 13.7. The van der Waals surface area contributed by atoms with Gasteiger partial charge in [-0.25, -0.2) is 4.39 Å². The molecular weight excluding hydrogens is 309 g/mol. The predicted octanol–water partition coefficient (Wildman–Crippen LogP) is 3.10. The number of hydrogen-bond donors (Lipinski definition) is 2. The van der Waals surface area contributed by atoms with Crippen molar-refractivity contribution in [1.82, 2.24) is 5.32 Å². The topological polar surface area (TPSA) is 50.7 Å². The van der Waals surface area contributed by atoms with E-state index in [1.807, 2.05) is 6.92 Å². The SMILES string of the molecule is COc1cc(OC)cc(C(O)CNC(C)Cc2ccc(F)cc2)c1. The molecule has 0 heterocycles. The summed E-state index contributed by atoms with van der Waals surface area (Å²) in [6, 6.07) is 12.0. The second kappa shape index (κ2) is 8.66. The molecule has 24 heavy (non-hydrogen) atoms. The first-order chi connectivity index (χ1) is 11.5. The van der Waals surface area contributed by atoms with Crippen LogP contribution in [-0.2, 0) is 6.42 Å². The van der Waals surface area contributed by atoms with Gasteiger partial charge in [0.25, 0.3) is 0 Å². The molecule has 2 aromatic rings. The van der Waals surface area contributed by atoms with Crippen LogP contribution in [0, 0.1) is 5.82 Å². The van der Waals surface area contributed by atoms with Gasteiger partial charge in [0, 0.05) is 18.7 Å². The van der Waals surface area contributed by atoms with Gasteiger partial charge in [-0.05, 0) is 48.7 Å². The Morgan fingerprint density at radius 2 is 1.62 bits per heavy atom. The lowest BCUT2D eigenvalue weighted by Gasteiger charge is -2.18. The molecule has 0 radical (unpaired) electrons. The molecule has 2 rings (SSSR count). The lowest BCUT2D eigenvalue weighted by molar-refractivity contribution is 0.170. The molecule has 0 amide bonds. The van der Waals surface area contributed by atoms with E-state index in [1.54, 1.807) is 44.6 Å². The molecule has 0 aliphatic heterocycles. The lowest BCUT2D eigenvalue weighted by Crippen LogP contribution is -2.32. The molecule has 0 saturated carbocycles. The highest BCUT2D eigenvalue weighted by atomic mass is 19.1. The Hall–Kier alpha value is -2.11. The maximum Gasteiger partial charge on any atom is 0.123 e. The minimum Gasteiger partial charge on any atom is -0.497 e. The van der Waals surface area contributed by atoms with Gasteiger partial charge in [-0.2, -0.15) is 0 Å². The fourth-order valence-corrected chi connectivity index (χ4v) is 2.50. The average Bonchev–Trinajstić information content (AvgIpc) is 2.61. The van der Waals surface area contributed by atoms with Gasteiger partial charge in [0.2, 0.25) is 0 Å². The smallest absolute Gasteiger partial charge is 0.123 e. The monoisotopic (exact) mass is 333 g/mol. The minimum absolute atomic E-state index is 0.151. The van der Waals surface area contributed by atoms with Crippen LogP contribution in [0.5, 0.6) is 11.5 Å². The first-order valence-electron chi connectivity index (χ1n) is 7.90. The first kappa shape index (κ1) is 18.2. The van der Waals surface area contributed by atoms with Crippen LogP contribution in [-0.4, -0.2) is 31.9 Å². The van der Waals surface area contributed by atoms with E-state index >= 15 is 0 Å². The third kappa shape index (κ3) is 5.22. The first-order valence-corrected chi connectivity index (χ1v) is 7.90. The molecule has 0 spiro atoms. The van der Waals surface area contributed by atoms with Gasteiger partial charge in [-0.3, -0.25) is 0 Å². The van der Waals surface area contributed by atoms with Crippen molar-refractivity contribution in [2.24, 2.45) is 0 Å². The van der Waals surface area contributed by atoms with Gasteiger partial charge in [0.05, 0.1) is 20.3 Å². The van der Waals surface area contributed by atoms with Crippen molar-refractivity contribution < 1.29 is 19.0 Å². The number of aliphatic hydroxyl groups is 1. The van der Waals surface area contributed by atoms with Gasteiger partial charge in [0.1, 0.15) is 17.3 Å². The van der Waals surface area contributed by atoms with Crippen LogP contribution < -0.4 is 14.8 Å². The van der Waals surface area contributed by atoms with Crippen LogP contribution in [0.15, 0.2) is 42.5 Å². The molecule has 0 aromatic heterocycles. The molecule has 0 bridgehead atoms. The Balaban J connectivity index is 1.92. The molecule has 2 unspecified atom stereocenters. The van der Waals surface area contributed by atoms with Crippen molar-refractivity contribution >= 4 is 0 Å². The van der Waals surface area contributed by atoms with E-state index in [0.29, 0.717) is 18.0 Å². The summed E-state index contributed by atoms with van der Waals surface area (Å²) in [6.07, 6.45) is 0.0821. The molecular formula is C19H24FNO3. The quantitative estimate of drug-likeness (QED) is 0.779. The zero-order valence-corrected chi connectivity index (χ0v) is 14.3. The molecule has 0 saturated heterocycles. The molecule has 4 nitrogen and oxygen atoms in total. The number of hydrogen-bond acceptors (Lipinski definition) is 4. The molecule has 0 fully saturated rings. The van der Waals surface area contributed by atoms with E-state index < -0.39 is 6.10 Å². The largest absolute Gasteiger partial charge is 0.497 e. The maximum atomic E-state index is 12.9. The van der Waals surface area contributed by atoms with E-state index in [0.717, 1.165) is 17.5 Å². The highest BCUT2D eigenvalue weighted by Crippen LogP contribution is 2.26. The highest BCUT2D eigenvalue weighted by molar-refractivity contribution is 5.39. The third-order valence-corrected chi connectivity index (χ3v) is 3.87. The van der Waals surface area contributed by atoms with Crippen LogP contribution in [0.4, 0.5) is 4.39 Å². The molecule has 5 heteroatoms. The average molecular weight is 333 g/mol. The fourth-order valence-electron chi connectivity index (χ4n) is 2.50. The second-order valence-corrected chi connectivity index (χ2v) is 5.80. The zero-order chi connectivity index (χ0) is 17.5. The number of rotatable bonds is 8. The van der Waals surface area contributed by atoms with Crippen molar-refractivity contribution in [3.05, 3.63) is 59.4 Å². The van der Waals surface area contributed by atoms with Crippen LogP contribution in [0.3, 0.4) is 0 Å². The third-order valence-electron chi connectivity index (χ3n) is 3.87. The van der Waals surface area contributed by atoms with Gasteiger partial charge in [-0.15, -0.1) is 0 Å². The van der Waals surface area contributed by atoms with E-state index in [-0.39, 0.29) is 11.9 Å². The van der Waals surface area contributed by atoms with Crippen LogP contribution in [0.25, 0.3) is 0 Å². The Labute approximate surface area is 142 Å². The fraction of sp³-hybridized carbons (Fsp3) is 0.368. The van der Waals surface area contributed by atoms with E-state index in [4.69, 9.17) is 9.47 Å². The summed E-state index contributed by atoms with van der Waals surface area (Å²) in [6.45, 7) is 2.43. The summed E-state index contributed by atoms with van der Waals surface area (Å²) in [7, 11) is 3.15. The summed E-state index contributed by atoms with van der Waals surface area (Å²) >= 11 is 0. The standard InChI is InChI=1S/C19H24FNO3/c1-13(8-14-4-6-16(20)7-5-14)21-12-19(22)15-9-17(23-2)11-18(10-15)24-3/h4-7,9-11,13,19,21-22H,8,12H2,1-3H3. The van der Waals surface area contributed by atoms with Crippen molar-refractivity contribution in [2.75, 3.05) is 20.8 Å². The minimum atomic E-state index is -0.676. The molecule has 2 atom stereocenters. The summed E-state index contributed by atoms with van der Waals surface area (Å²) in [5.41, 5.74) is 1.78. The summed E-state index contributed by atoms with van der Waals surface area (Å²) in [5.74, 6) is 1.05. The number of ether oxygens (including phenoxy) is 2. The number of aliphatic hydroxyl groups excluding tert-OH is 1. The van der Waals surface area contributed by atoms with Gasteiger partial charge in [-0.1, -0.05) is 12.1 Å². The highest BCUT2D eigenvalue weighted by Gasteiger charge is 2.13. The lowest BCUT2D eigenvalue weighted by atomic mass is 10.1. The van der Waals surface area contributed by atoms with Gasteiger partial charge < -0.3 is 19.9 Å².